The molecule has 4 rings (SSSR count). The Bertz CT molecular complexity index is 1140. The van der Waals surface area contributed by atoms with E-state index in [-0.39, 0.29) is 0 Å². The van der Waals surface area contributed by atoms with Gasteiger partial charge in [0.05, 0.1) is 17.7 Å². The highest BCUT2D eigenvalue weighted by Gasteiger charge is 2.10. The second-order valence-corrected chi connectivity index (χ2v) is 7.25. The molecule has 30 heavy (non-hydrogen) atoms. The van der Waals surface area contributed by atoms with E-state index in [0.717, 1.165) is 47.0 Å². The van der Waals surface area contributed by atoms with Gasteiger partial charge < -0.3 is 4.74 Å². The molecule has 0 atom stereocenters. The van der Waals surface area contributed by atoms with Gasteiger partial charge in [-0.3, -0.25) is 0 Å². The first-order valence-corrected chi connectivity index (χ1v) is 10.5. The molecule has 3 heteroatoms. The number of allylic oxidation sites excluding steroid dienone is 1. The van der Waals surface area contributed by atoms with Crippen LogP contribution in [0.15, 0.2) is 85.1 Å². The summed E-state index contributed by atoms with van der Waals surface area (Å²) in [6.45, 7) is 2.78. The van der Waals surface area contributed by atoms with Gasteiger partial charge in [0, 0.05) is 17.1 Å². The Balaban J connectivity index is 1.61. The number of aryl methyl sites for hydroxylation is 1. The van der Waals surface area contributed by atoms with Crippen LogP contribution in [0.1, 0.15) is 30.9 Å². The molecule has 0 fully saturated rings. The van der Waals surface area contributed by atoms with E-state index in [1.807, 2.05) is 30.5 Å². The molecule has 0 spiro atoms. The number of hydrogen-bond donors (Lipinski definition) is 0. The van der Waals surface area contributed by atoms with Crippen LogP contribution in [0, 0.1) is 0 Å². The number of rotatable bonds is 8. The topological polar surface area (TPSA) is 35.0 Å². The minimum atomic E-state index is 0.681. The summed E-state index contributed by atoms with van der Waals surface area (Å²) >= 11 is 0. The zero-order valence-electron chi connectivity index (χ0n) is 17.3. The fourth-order valence-corrected chi connectivity index (χ4v) is 3.44. The normalized spacial score (nSPS) is 11.2. The lowest BCUT2D eigenvalue weighted by atomic mass is 10.1. The lowest BCUT2D eigenvalue weighted by Gasteiger charge is -2.10. The van der Waals surface area contributed by atoms with Crippen molar-refractivity contribution in [2.45, 2.75) is 26.2 Å². The minimum Gasteiger partial charge on any atom is -0.493 e. The Morgan fingerprint density at radius 1 is 0.900 bits per heavy atom. The van der Waals surface area contributed by atoms with Gasteiger partial charge >= 0.3 is 0 Å². The van der Waals surface area contributed by atoms with Crippen LogP contribution in [-0.2, 0) is 6.42 Å². The third-order valence-electron chi connectivity index (χ3n) is 4.97. The molecule has 1 aromatic heterocycles. The van der Waals surface area contributed by atoms with E-state index in [0.29, 0.717) is 12.4 Å². The summed E-state index contributed by atoms with van der Waals surface area (Å²) in [4.78, 5) is 9.52. The molecule has 150 valence electrons. The maximum Gasteiger partial charge on any atom is 0.163 e. The van der Waals surface area contributed by atoms with Gasteiger partial charge in [-0.1, -0.05) is 79.7 Å². The molecule has 3 aromatic carbocycles. The molecular formula is C27H26N2O. The highest BCUT2D eigenvalue weighted by molar-refractivity contribution is 5.88. The first-order valence-electron chi connectivity index (χ1n) is 10.5. The first kappa shape index (κ1) is 19.8. The number of fused-ring (bicyclic) bond motifs is 1. The van der Waals surface area contributed by atoms with Crippen LogP contribution in [0.2, 0.25) is 0 Å². The Hall–Kier alpha value is -3.46. The van der Waals surface area contributed by atoms with Crippen molar-refractivity contribution in [3.05, 3.63) is 96.2 Å². The molecule has 3 nitrogen and oxygen atoms in total. The van der Waals surface area contributed by atoms with Crippen LogP contribution >= 0.6 is 0 Å². The summed E-state index contributed by atoms with van der Waals surface area (Å²) in [5.41, 5.74) is 4.35. The third-order valence-corrected chi connectivity index (χ3v) is 4.97. The monoisotopic (exact) mass is 394 g/mol. The average Bonchev–Trinajstić information content (AvgIpc) is 2.81. The van der Waals surface area contributed by atoms with Crippen LogP contribution < -0.4 is 4.74 Å². The molecule has 0 unspecified atom stereocenters. The summed E-state index contributed by atoms with van der Waals surface area (Å²) in [5, 5.41) is 1.04. The van der Waals surface area contributed by atoms with Gasteiger partial charge in [-0.2, -0.15) is 0 Å². The van der Waals surface area contributed by atoms with Gasteiger partial charge in [-0.05, 0) is 37.0 Å². The van der Waals surface area contributed by atoms with Gasteiger partial charge in [-0.25, -0.2) is 9.97 Å². The molecular weight excluding hydrogens is 368 g/mol. The summed E-state index contributed by atoms with van der Waals surface area (Å²) in [6.07, 6.45) is 9.28. The van der Waals surface area contributed by atoms with Crippen molar-refractivity contribution in [1.82, 2.24) is 9.97 Å². The Morgan fingerprint density at radius 3 is 2.60 bits per heavy atom. The molecule has 4 aromatic rings. The number of nitrogens with zero attached hydrogens (tertiary/aromatic N) is 2. The van der Waals surface area contributed by atoms with E-state index in [1.165, 1.54) is 5.56 Å². The Morgan fingerprint density at radius 2 is 1.73 bits per heavy atom. The van der Waals surface area contributed by atoms with Crippen LogP contribution in [0.3, 0.4) is 0 Å². The quantitative estimate of drug-likeness (QED) is 0.332. The molecule has 0 aliphatic rings. The standard InChI is InChI=1S/C27H26N2O/c1-2-19-30-25-18-9-8-17-24(25)27-28-20-23-16-10-15-22(26(23)29-27)14-7-6-13-21-11-4-3-5-12-21/h3-5,7-12,14-18,20H,2,6,13,19H2,1H3. The molecule has 0 amide bonds. The number of aromatic nitrogens is 2. The number of ether oxygens (including phenoxy) is 1. The second kappa shape index (κ2) is 9.84. The van der Waals surface area contributed by atoms with Crippen LogP contribution in [0.4, 0.5) is 0 Å². The zero-order chi connectivity index (χ0) is 20.6. The summed E-state index contributed by atoms with van der Waals surface area (Å²) in [6, 6.07) is 24.8. The number of para-hydroxylation sites is 2. The molecule has 0 bridgehead atoms. The SMILES string of the molecule is CCCOc1ccccc1-c1ncc2cccc(C=CCCc3ccccc3)c2n1. The fraction of sp³-hybridized carbons (Fsp3) is 0.185. The molecule has 0 saturated carbocycles. The molecule has 0 N–H and O–H groups in total. The van der Waals surface area contributed by atoms with E-state index < -0.39 is 0 Å². The van der Waals surface area contributed by atoms with E-state index in [4.69, 9.17) is 9.72 Å². The third kappa shape index (κ3) is 4.74. The van der Waals surface area contributed by atoms with Crippen molar-refractivity contribution in [3.63, 3.8) is 0 Å². The highest BCUT2D eigenvalue weighted by atomic mass is 16.5. The average molecular weight is 395 g/mol. The van der Waals surface area contributed by atoms with Crippen molar-refractivity contribution >= 4 is 17.0 Å². The molecule has 1 heterocycles. The molecule has 0 aliphatic heterocycles. The lowest BCUT2D eigenvalue weighted by Crippen LogP contribution is -1.99. The Kier molecular flexibility index (Phi) is 6.51. The summed E-state index contributed by atoms with van der Waals surface area (Å²) in [5.74, 6) is 1.52. The van der Waals surface area contributed by atoms with Gasteiger partial charge in [0.1, 0.15) is 5.75 Å². The Labute approximate surface area is 178 Å². The van der Waals surface area contributed by atoms with Gasteiger partial charge in [0.25, 0.3) is 0 Å². The predicted molar refractivity (Wildman–Crippen MR) is 125 cm³/mol. The van der Waals surface area contributed by atoms with E-state index in [2.05, 4.69) is 72.6 Å². The van der Waals surface area contributed by atoms with Crippen LogP contribution in [-0.4, -0.2) is 16.6 Å². The van der Waals surface area contributed by atoms with Gasteiger partial charge in [-0.15, -0.1) is 0 Å². The molecule has 0 aliphatic carbocycles. The second-order valence-electron chi connectivity index (χ2n) is 7.25. The number of benzene rings is 3. The van der Waals surface area contributed by atoms with Crippen molar-refractivity contribution in [2.75, 3.05) is 6.61 Å². The van der Waals surface area contributed by atoms with Crippen molar-refractivity contribution in [2.24, 2.45) is 0 Å². The molecule has 0 radical (unpaired) electrons. The predicted octanol–water partition coefficient (Wildman–Crippen LogP) is 6.73. The largest absolute Gasteiger partial charge is 0.493 e. The van der Waals surface area contributed by atoms with Gasteiger partial charge in [0.2, 0.25) is 0 Å². The van der Waals surface area contributed by atoms with E-state index >= 15 is 0 Å². The first-order chi connectivity index (χ1) is 14.8. The van der Waals surface area contributed by atoms with E-state index in [9.17, 15) is 0 Å². The van der Waals surface area contributed by atoms with Crippen LogP contribution in [0.25, 0.3) is 28.4 Å². The van der Waals surface area contributed by atoms with E-state index in [1.54, 1.807) is 0 Å². The lowest BCUT2D eigenvalue weighted by molar-refractivity contribution is 0.318. The van der Waals surface area contributed by atoms with Gasteiger partial charge in [0.15, 0.2) is 5.82 Å². The number of hydrogen-bond acceptors (Lipinski definition) is 3. The van der Waals surface area contributed by atoms with Crippen LogP contribution in [0.5, 0.6) is 5.75 Å². The highest BCUT2D eigenvalue weighted by Crippen LogP contribution is 2.29. The smallest absolute Gasteiger partial charge is 0.163 e. The minimum absolute atomic E-state index is 0.681. The summed E-state index contributed by atoms with van der Waals surface area (Å²) < 4.78 is 5.91. The zero-order valence-corrected chi connectivity index (χ0v) is 17.3. The summed E-state index contributed by atoms with van der Waals surface area (Å²) in [7, 11) is 0. The fourth-order valence-electron chi connectivity index (χ4n) is 3.44. The molecule has 0 saturated heterocycles. The van der Waals surface area contributed by atoms with Crippen molar-refractivity contribution in [3.8, 4) is 17.1 Å². The van der Waals surface area contributed by atoms with Crippen molar-refractivity contribution < 1.29 is 4.74 Å². The maximum atomic E-state index is 5.91. The maximum absolute atomic E-state index is 5.91. The van der Waals surface area contributed by atoms with Crippen molar-refractivity contribution in [1.29, 1.82) is 0 Å².